The molecule has 0 unspecified atom stereocenters. The van der Waals surface area contributed by atoms with Gasteiger partial charge in [0.15, 0.2) is 5.60 Å². The van der Waals surface area contributed by atoms with Crippen LogP contribution in [0.4, 0.5) is 0 Å². The summed E-state index contributed by atoms with van der Waals surface area (Å²) in [6, 6.07) is 4.23. The van der Waals surface area contributed by atoms with Gasteiger partial charge < -0.3 is 9.84 Å². The average molecular weight is 376 g/mol. The molecule has 0 amide bonds. The number of hydrogen-bond donors (Lipinski definition) is 1. The van der Waals surface area contributed by atoms with Crippen LogP contribution in [0.2, 0.25) is 0 Å². The van der Waals surface area contributed by atoms with E-state index in [2.05, 4.69) is 57.8 Å². The predicted molar refractivity (Wildman–Crippen MR) is 78.6 cm³/mol. The molecule has 2 aliphatic rings. The Hall–Kier alpha value is -0.0600. The van der Waals surface area contributed by atoms with E-state index in [1.54, 1.807) is 0 Å². The SMILES string of the molecule is Cc1cc2c(cc1Br)[C@]1(C)CC[C@H](Br)[C@]1(CO)O2. The molecule has 0 spiro atoms. The lowest BCUT2D eigenvalue weighted by atomic mass is 9.73. The van der Waals surface area contributed by atoms with Crippen molar-refractivity contribution in [3.05, 3.63) is 27.7 Å². The third kappa shape index (κ3) is 1.37. The Bertz CT molecular complexity index is 517. The molecule has 0 aromatic heterocycles. The minimum atomic E-state index is -0.511. The van der Waals surface area contributed by atoms with Crippen LogP contribution in [0.15, 0.2) is 16.6 Å². The Kier molecular flexibility index (Phi) is 2.85. The van der Waals surface area contributed by atoms with Crippen LogP contribution in [0, 0.1) is 6.92 Å². The molecule has 1 heterocycles. The number of fused-ring (bicyclic) bond motifs is 3. The van der Waals surface area contributed by atoms with E-state index >= 15 is 0 Å². The highest BCUT2D eigenvalue weighted by Gasteiger charge is 2.64. The quantitative estimate of drug-likeness (QED) is 0.758. The summed E-state index contributed by atoms with van der Waals surface area (Å²) >= 11 is 7.29. The molecule has 0 radical (unpaired) electrons. The van der Waals surface area contributed by atoms with Gasteiger partial charge in [-0.15, -0.1) is 0 Å². The molecule has 1 aliphatic heterocycles. The highest BCUT2D eigenvalue weighted by molar-refractivity contribution is 9.10. The smallest absolute Gasteiger partial charge is 0.154 e. The van der Waals surface area contributed by atoms with Crippen LogP contribution in [-0.2, 0) is 5.41 Å². The van der Waals surface area contributed by atoms with E-state index < -0.39 is 5.60 Å². The molecule has 1 aromatic rings. The fraction of sp³-hybridized carbons (Fsp3) is 0.571. The van der Waals surface area contributed by atoms with E-state index in [0.29, 0.717) is 0 Å². The van der Waals surface area contributed by atoms with Gasteiger partial charge in [-0.25, -0.2) is 0 Å². The van der Waals surface area contributed by atoms with E-state index in [0.717, 1.165) is 28.6 Å². The molecule has 0 saturated heterocycles. The first-order chi connectivity index (χ1) is 8.44. The van der Waals surface area contributed by atoms with Crippen molar-refractivity contribution in [2.75, 3.05) is 6.61 Å². The molecule has 3 rings (SSSR count). The van der Waals surface area contributed by atoms with Gasteiger partial charge in [-0.3, -0.25) is 0 Å². The molecule has 98 valence electrons. The molecule has 1 N–H and O–H groups in total. The van der Waals surface area contributed by atoms with Crippen LogP contribution in [0.25, 0.3) is 0 Å². The van der Waals surface area contributed by atoms with E-state index in [1.165, 1.54) is 5.56 Å². The van der Waals surface area contributed by atoms with Crippen LogP contribution in [-0.4, -0.2) is 22.1 Å². The third-order valence-corrected chi connectivity index (χ3v) is 6.77. The van der Waals surface area contributed by atoms with Gasteiger partial charge in [0.1, 0.15) is 5.75 Å². The van der Waals surface area contributed by atoms with Crippen molar-refractivity contribution in [2.45, 2.75) is 42.5 Å². The van der Waals surface area contributed by atoms with E-state index in [1.807, 2.05) is 0 Å². The number of alkyl halides is 1. The number of benzene rings is 1. The molecular weight excluding hydrogens is 360 g/mol. The standard InChI is InChI=1S/C14H16Br2O2/c1-8-5-11-9(6-10(8)15)13(2)4-3-12(16)14(13,7-17)18-11/h5-6,12,17H,3-4,7H2,1-2H3/t12-,13-,14-/m0/s1. The molecular formula is C14H16Br2O2. The van der Waals surface area contributed by atoms with Gasteiger partial charge in [0.25, 0.3) is 0 Å². The summed E-state index contributed by atoms with van der Waals surface area (Å²) in [6.07, 6.45) is 2.06. The molecule has 1 aliphatic carbocycles. The zero-order valence-corrected chi connectivity index (χ0v) is 13.6. The van der Waals surface area contributed by atoms with Crippen LogP contribution < -0.4 is 4.74 Å². The fourth-order valence-corrected chi connectivity index (χ4v) is 4.73. The Morgan fingerprint density at radius 3 is 2.89 bits per heavy atom. The number of hydrogen-bond acceptors (Lipinski definition) is 2. The van der Waals surface area contributed by atoms with Gasteiger partial charge in [-0.05, 0) is 37.5 Å². The maximum absolute atomic E-state index is 9.91. The fourth-order valence-electron chi connectivity index (χ4n) is 3.42. The second-order valence-corrected chi connectivity index (χ2v) is 7.55. The lowest BCUT2D eigenvalue weighted by Gasteiger charge is -2.37. The third-order valence-electron chi connectivity index (χ3n) is 4.72. The van der Waals surface area contributed by atoms with Crippen LogP contribution in [0.5, 0.6) is 5.75 Å². The summed E-state index contributed by atoms with van der Waals surface area (Å²) in [7, 11) is 0. The van der Waals surface area contributed by atoms with Gasteiger partial charge in [0.2, 0.25) is 0 Å². The lowest BCUT2D eigenvalue weighted by Crippen LogP contribution is -2.53. The van der Waals surface area contributed by atoms with E-state index in [9.17, 15) is 5.11 Å². The minimum absolute atomic E-state index is 0.0464. The molecule has 3 atom stereocenters. The monoisotopic (exact) mass is 374 g/mol. The average Bonchev–Trinajstić information content (AvgIpc) is 2.72. The summed E-state index contributed by atoms with van der Waals surface area (Å²) < 4.78 is 7.31. The Balaban J connectivity index is 2.22. The van der Waals surface area contributed by atoms with Crippen molar-refractivity contribution >= 4 is 31.9 Å². The minimum Gasteiger partial charge on any atom is -0.482 e. The highest BCUT2D eigenvalue weighted by atomic mass is 79.9. The number of rotatable bonds is 1. The van der Waals surface area contributed by atoms with Crippen LogP contribution in [0.3, 0.4) is 0 Å². The van der Waals surface area contributed by atoms with Gasteiger partial charge in [0.05, 0.1) is 11.4 Å². The van der Waals surface area contributed by atoms with Crippen molar-refractivity contribution in [1.29, 1.82) is 0 Å². The topological polar surface area (TPSA) is 29.5 Å². The van der Waals surface area contributed by atoms with Gasteiger partial charge in [-0.2, -0.15) is 0 Å². The maximum Gasteiger partial charge on any atom is 0.154 e. The highest BCUT2D eigenvalue weighted by Crippen LogP contribution is 2.60. The van der Waals surface area contributed by atoms with Crippen LogP contribution >= 0.6 is 31.9 Å². The molecule has 18 heavy (non-hydrogen) atoms. The summed E-state index contributed by atoms with van der Waals surface area (Å²) in [5.41, 5.74) is 1.76. The van der Waals surface area contributed by atoms with Crippen molar-refractivity contribution in [3.63, 3.8) is 0 Å². The largest absolute Gasteiger partial charge is 0.482 e. The summed E-state index contributed by atoms with van der Waals surface area (Å²) in [5, 5.41) is 9.91. The number of aryl methyl sites for hydroxylation is 1. The normalized spacial score (nSPS) is 37.3. The molecule has 1 fully saturated rings. The molecule has 1 aromatic carbocycles. The first-order valence-corrected chi connectivity index (χ1v) is 7.90. The zero-order valence-electron chi connectivity index (χ0n) is 10.5. The zero-order chi connectivity index (χ0) is 13.1. The summed E-state index contributed by atoms with van der Waals surface area (Å²) in [6.45, 7) is 4.31. The molecule has 1 saturated carbocycles. The second-order valence-electron chi connectivity index (χ2n) is 5.59. The van der Waals surface area contributed by atoms with Gasteiger partial charge >= 0.3 is 0 Å². The predicted octanol–water partition coefficient (Wildman–Crippen LogP) is 3.70. The number of halogens is 2. The second kappa shape index (κ2) is 3.97. The Morgan fingerprint density at radius 2 is 2.22 bits per heavy atom. The van der Waals surface area contributed by atoms with Crippen LogP contribution in [0.1, 0.15) is 30.9 Å². The van der Waals surface area contributed by atoms with Crippen molar-refractivity contribution in [3.8, 4) is 5.75 Å². The first kappa shape index (κ1) is 12.9. The molecule has 4 heteroatoms. The Labute approximate surface area is 124 Å². The van der Waals surface area contributed by atoms with Gasteiger partial charge in [-0.1, -0.05) is 38.8 Å². The molecule has 2 nitrogen and oxygen atoms in total. The summed E-state index contributed by atoms with van der Waals surface area (Å²) in [4.78, 5) is 0.200. The van der Waals surface area contributed by atoms with Crippen molar-refractivity contribution < 1.29 is 9.84 Å². The molecule has 0 bridgehead atoms. The Morgan fingerprint density at radius 1 is 1.50 bits per heavy atom. The summed E-state index contributed by atoms with van der Waals surface area (Å²) in [5.74, 6) is 0.927. The number of aliphatic hydroxyl groups is 1. The first-order valence-electron chi connectivity index (χ1n) is 6.19. The van der Waals surface area contributed by atoms with E-state index in [4.69, 9.17) is 4.74 Å². The number of ether oxygens (including phenoxy) is 1. The number of aliphatic hydroxyl groups excluding tert-OH is 1. The van der Waals surface area contributed by atoms with Crippen molar-refractivity contribution in [2.24, 2.45) is 0 Å². The van der Waals surface area contributed by atoms with Crippen molar-refractivity contribution in [1.82, 2.24) is 0 Å². The maximum atomic E-state index is 9.91. The van der Waals surface area contributed by atoms with E-state index in [-0.39, 0.29) is 16.8 Å². The lowest BCUT2D eigenvalue weighted by molar-refractivity contribution is -0.00295. The van der Waals surface area contributed by atoms with Gasteiger partial charge in [0, 0.05) is 15.5 Å².